The number of amides is 1. The van der Waals surface area contributed by atoms with E-state index >= 15 is 0 Å². The van der Waals surface area contributed by atoms with Gasteiger partial charge < -0.3 is 9.64 Å². The number of hydrazine groups is 1. The first kappa shape index (κ1) is 21.0. The predicted octanol–water partition coefficient (Wildman–Crippen LogP) is 3.34. The van der Waals surface area contributed by atoms with Crippen LogP contribution in [0.25, 0.3) is 0 Å². The lowest BCUT2D eigenvalue weighted by Gasteiger charge is -2.37. The minimum Gasteiger partial charge on any atom is -0.372 e. The van der Waals surface area contributed by atoms with Crippen LogP contribution in [0.1, 0.15) is 78.6 Å². The molecule has 3 aliphatic rings. The molecule has 1 aliphatic carbocycles. The monoisotopic (exact) mass is 383 g/mol. The average molecular weight is 384 g/mol. The largest absolute Gasteiger partial charge is 0.372 e. The lowest BCUT2D eigenvalue weighted by Crippen LogP contribution is -2.53. The summed E-state index contributed by atoms with van der Waals surface area (Å²) in [6.07, 6.45) is 8.94. The van der Waals surface area contributed by atoms with Gasteiger partial charge in [0.2, 0.25) is 5.91 Å². The highest BCUT2D eigenvalue weighted by Crippen LogP contribution is 2.36. The number of piperidine rings is 1. The van der Waals surface area contributed by atoms with E-state index in [0.29, 0.717) is 18.9 Å². The highest BCUT2D eigenvalue weighted by molar-refractivity contribution is 5.82. The Morgan fingerprint density at radius 3 is 2.44 bits per heavy atom. The molecule has 2 saturated heterocycles. The second kappa shape index (κ2) is 9.19. The zero-order valence-corrected chi connectivity index (χ0v) is 17.3. The topological polar surface area (TPSA) is 53.6 Å². The Bertz CT molecular complexity index is 496. The quantitative estimate of drug-likeness (QED) is 0.782. The Morgan fingerprint density at radius 1 is 1.15 bits per heavy atom. The molecule has 156 valence electrons. The summed E-state index contributed by atoms with van der Waals surface area (Å²) in [5, 5.41) is 0. The zero-order valence-electron chi connectivity index (χ0n) is 17.3. The molecule has 27 heavy (non-hydrogen) atoms. The van der Waals surface area contributed by atoms with E-state index in [1.165, 1.54) is 44.9 Å². The number of ether oxygens (including phenoxy) is 1. The maximum atomic E-state index is 14.5. The van der Waals surface area contributed by atoms with Crippen molar-refractivity contribution >= 4 is 5.91 Å². The fourth-order valence-corrected chi connectivity index (χ4v) is 5.10. The van der Waals surface area contributed by atoms with Gasteiger partial charge in [-0.1, -0.05) is 32.1 Å². The molecule has 2 N–H and O–H groups in total. The lowest BCUT2D eigenvalue weighted by atomic mass is 9.75. The molecule has 0 aromatic heterocycles. The molecule has 4 atom stereocenters. The fourth-order valence-electron chi connectivity index (χ4n) is 5.10. The van der Waals surface area contributed by atoms with Crippen molar-refractivity contribution in [3.63, 3.8) is 0 Å². The molecule has 3 fully saturated rings. The number of hydrogen-bond acceptors (Lipinski definition) is 4. The van der Waals surface area contributed by atoms with Gasteiger partial charge in [0.05, 0.1) is 18.8 Å². The molecule has 2 heterocycles. The number of nitrogens with one attached hydrogen (secondary N) is 2. The summed E-state index contributed by atoms with van der Waals surface area (Å²) in [6, 6.07) is -0.254. The molecule has 0 spiro atoms. The van der Waals surface area contributed by atoms with Gasteiger partial charge in [-0.2, -0.15) is 0 Å². The standard InChI is InChI=1S/C21H38FN3O2/c1-15(2)27-19-11-12-25(14-17(19)22)20(26)18-13-21(3,24-23-18)16-9-7-5-4-6-8-10-16/h15-19,23-24H,4-14H2,1-3H3/t17-,18?,19+,21?/m1/s1. The molecule has 3 rings (SSSR count). The number of alkyl halides is 1. The molecule has 0 aromatic rings. The highest BCUT2D eigenvalue weighted by atomic mass is 19.1. The second-order valence-corrected chi connectivity index (χ2v) is 9.30. The first-order chi connectivity index (χ1) is 12.9. The molecule has 1 saturated carbocycles. The number of likely N-dealkylation sites (tertiary alicyclic amines) is 1. The Balaban J connectivity index is 1.54. The molecule has 0 bridgehead atoms. The van der Waals surface area contributed by atoms with Gasteiger partial charge in [-0.05, 0) is 52.4 Å². The van der Waals surface area contributed by atoms with E-state index in [4.69, 9.17) is 4.74 Å². The second-order valence-electron chi connectivity index (χ2n) is 9.30. The Hall–Kier alpha value is -0.720. The normalized spacial score (nSPS) is 36.6. The van der Waals surface area contributed by atoms with Crippen molar-refractivity contribution in [2.75, 3.05) is 13.1 Å². The maximum absolute atomic E-state index is 14.5. The number of carbonyl (C=O) groups is 1. The molecular formula is C21H38FN3O2. The minimum atomic E-state index is -1.10. The van der Waals surface area contributed by atoms with Crippen LogP contribution in [-0.2, 0) is 9.53 Å². The van der Waals surface area contributed by atoms with Gasteiger partial charge in [0.15, 0.2) is 0 Å². The summed E-state index contributed by atoms with van der Waals surface area (Å²) < 4.78 is 20.1. The molecule has 6 heteroatoms. The maximum Gasteiger partial charge on any atom is 0.241 e. The van der Waals surface area contributed by atoms with Gasteiger partial charge in [0.1, 0.15) is 12.2 Å². The van der Waals surface area contributed by atoms with Crippen LogP contribution in [0, 0.1) is 5.92 Å². The highest BCUT2D eigenvalue weighted by Gasteiger charge is 2.45. The Labute approximate surface area is 163 Å². The SMILES string of the molecule is CC(C)O[C@H]1CCN(C(=O)C2CC(C)(C3CCCCCCC3)NN2)C[C@H]1F. The van der Waals surface area contributed by atoms with Crippen molar-refractivity contribution in [1.29, 1.82) is 0 Å². The predicted molar refractivity (Wildman–Crippen MR) is 105 cm³/mol. The number of hydrogen-bond donors (Lipinski definition) is 2. The van der Waals surface area contributed by atoms with E-state index in [0.717, 1.165) is 6.42 Å². The molecule has 1 amide bonds. The van der Waals surface area contributed by atoms with E-state index in [2.05, 4.69) is 17.8 Å². The third kappa shape index (κ3) is 5.21. The van der Waals surface area contributed by atoms with Crippen molar-refractivity contribution in [1.82, 2.24) is 15.8 Å². The Morgan fingerprint density at radius 2 is 1.81 bits per heavy atom. The zero-order chi connectivity index (χ0) is 19.4. The Kier molecular flexibility index (Phi) is 7.14. The number of halogens is 1. The summed E-state index contributed by atoms with van der Waals surface area (Å²) >= 11 is 0. The van der Waals surface area contributed by atoms with E-state index in [9.17, 15) is 9.18 Å². The third-order valence-electron chi connectivity index (χ3n) is 6.70. The number of rotatable bonds is 4. The molecule has 0 aromatic carbocycles. The van der Waals surface area contributed by atoms with Crippen LogP contribution in [0.2, 0.25) is 0 Å². The van der Waals surface area contributed by atoms with Gasteiger partial charge in [-0.25, -0.2) is 9.82 Å². The summed E-state index contributed by atoms with van der Waals surface area (Å²) in [4.78, 5) is 14.7. The molecular weight excluding hydrogens is 345 g/mol. The van der Waals surface area contributed by atoms with Crippen LogP contribution >= 0.6 is 0 Å². The van der Waals surface area contributed by atoms with Gasteiger partial charge in [0, 0.05) is 12.1 Å². The van der Waals surface area contributed by atoms with Crippen molar-refractivity contribution in [2.45, 2.75) is 109 Å². The molecule has 2 unspecified atom stereocenters. The van der Waals surface area contributed by atoms with Gasteiger partial charge in [0.25, 0.3) is 0 Å². The minimum absolute atomic E-state index is 0.0145. The van der Waals surface area contributed by atoms with E-state index in [-0.39, 0.29) is 36.2 Å². The van der Waals surface area contributed by atoms with E-state index in [1.54, 1.807) is 4.90 Å². The van der Waals surface area contributed by atoms with E-state index in [1.807, 2.05) is 13.8 Å². The fraction of sp³-hybridized carbons (Fsp3) is 0.952. The van der Waals surface area contributed by atoms with E-state index < -0.39 is 6.17 Å². The van der Waals surface area contributed by atoms with Gasteiger partial charge in [-0.3, -0.25) is 10.2 Å². The van der Waals surface area contributed by atoms with Crippen LogP contribution in [-0.4, -0.2) is 53.9 Å². The van der Waals surface area contributed by atoms with Crippen LogP contribution in [0.5, 0.6) is 0 Å². The first-order valence-electron chi connectivity index (χ1n) is 11.0. The van der Waals surface area contributed by atoms with Crippen molar-refractivity contribution in [3.8, 4) is 0 Å². The summed E-state index contributed by atoms with van der Waals surface area (Å²) in [6.45, 7) is 6.83. The molecule has 2 aliphatic heterocycles. The molecule has 0 radical (unpaired) electrons. The third-order valence-corrected chi connectivity index (χ3v) is 6.70. The van der Waals surface area contributed by atoms with Crippen molar-refractivity contribution in [2.24, 2.45) is 5.92 Å². The van der Waals surface area contributed by atoms with Crippen LogP contribution in [0.4, 0.5) is 4.39 Å². The van der Waals surface area contributed by atoms with Gasteiger partial charge in [-0.15, -0.1) is 0 Å². The van der Waals surface area contributed by atoms with Crippen LogP contribution in [0.3, 0.4) is 0 Å². The summed E-state index contributed by atoms with van der Waals surface area (Å²) in [5.74, 6) is 0.630. The summed E-state index contributed by atoms with van der Waals surface area (Å²) in [5.41, 5.74) is 6.64. The molecule has 5 nitrogen and oxygen atoms in total. The lowest BCUT2D eigenvalue weighted by molar-refractivity contribution is -0.140. The van der Waals surface area contributed by atoms with Crippen molar-refractivity contribution < 1.29 is 13.9 Å². The summed E-state index contributed by atoms with van der Waals surface area (Å²) in [7, 11) is 0. The van der Waals surface area contributed by atoms with Gasteiger partial charge >= 0.3 is 0 Å². The first-order valence-corrected chi connectivity index (χ1v) is 11.0. The number of carbonyl (C=O) groups excluding carboxylic acids is 1. The average Bonchev–Trinajstić information content (AvgIpc) is 2.98. The van der Waals surface area contributed by atoms with Crippen LogP contribution < -0.4 is 10.9 Å². The number of nitrogens with zero attached hydrogens (tertiary/aromatic N) is 1. The smallest absolute Gasteiger partial charge is 0.241 e. The van der Waals surface area contributed by atoms with Crippen molar-refractivity contribution in [3.05, 3.63) is 0 Å². The van der Waals surface area contributed by atoms with Crippen LogP contribution in [0.15, 0.2) is 0 Å².